The van der Waals surface area contributed by atoms with Crippen LogP contribution in [0.5, 0.6) is 0 Å². The number of carbonyl (C=O) groups is 1. The Kier molecular flexibility index (Phi) is 5.75. The standard InChI is InChI=1S/C21H22BrN3O2/c1-14(2)12-25-20(26)17-10-6-5-9-16(17)19(23-25)21(27)24(3)13-15-8-4-7-11-18(15)22/h4-11,14H,12-13H2,1-3H3. The number of rotatable bonds is 5. The highest BCUT2D eigenvalue weighted by atomic mass is 79.9. The van der Waals surface area contributed by atoms with E-state index in [1.54, 1.807) is 24.1 Å². The van der Waals surface area contributed by atoms with Crippen molar-refractivity contribution in [3.63, 3.8) is 0 Å². The van der Waals surface area contributed by atoms with Gasteiger partial charge in [-0.3, -0.25) is 9.59 Å². The van der Waals surface area contributed by atoms with E-state index in [4.69, 9.17) is 0 Å². The van der Waals surface area contributed by atoms with Crippen LogP contribution in [0, 0.1) is 5.92 Å². The minimum Gasteiger partial charge on any atom is -0.336 e. The minimum atomic E-state index is -0.209. The van der Waals surface area contributed by atoms with Crippen molar-refractivity contribution in [3.8, 4) is 0 Å². The van der Waals surface area contributed by atoms with Crippen molar-refractivity contribution in [3.05, 3.63) is 74.6 Å². The molecule has 0 unspecified atom stereocenters. The zero-order valence-corrected chi connectivity index (χ0v) is 17.2. The van der Waals surface area contributed by atoms with Gasteiger partial charge in [-0.05, 0) is 23.6 Å². The van der Waals surface area contributed by atoms with Crippen LogP contribution in [-0.2, 0) is 13.1 Å². The lowest BCUT2D eigenvalue weighted by Crippen LogP contribution is -2.32. The van der Waals surface area contributed by atoms with Crippen LogP contribution >= 0.6 is 15.9 Å². The van der Waals surface area contributed by atoms with E-state index in [0.717, 1.165) is 10.0 Å². The molecule has 1 heterocycles. The molecule has 5 nitrogen and oxygen atoms in total. The molecule has 0 spiro atoms. The summed E-state index contributed by atoms with van der Waals surface area (Å²) >= 11 is 3.52. The monoisotopic (exact) mass is 427 g/mol. The van der Waals surface area contributed by atoms with Gasteiger partial charge in [0.2, 0.25) is 0 Å². The fraction of sp³-hybridized carbons (Fsp3) is 0.286. The third kappa shape index (κ3) is 4.11. The number of benzene rings is 2. The van der Waals surface area contributed by atoms with Crippen LogP contribution in [0.3, 0.4) is 0 Å². The van der Waals surface area contributed by atoms with Crippen molar-refractivity contribution in [2.75, 3.05) is 7.05 Å². The molecule has 27 heavy (non-hydrogen) atoms. The third-order valence-electron chi connectivity index (χ3n) is 4.32. The second-order valence-corrected chi connectivity index (χ2v) is 7.88. The highest BCUT2D eigenvalue weighted by molar-refractivity contribution is 9.10. The lowest BCUT2D eigenvalue weighted by Gasteiger charge is -2.19. The molecule has 0 radical (unpaired) electrons. The maximum atomic E-state index is 13.2. The van der Waals surface area contributed by atoms with Gasteiger partial charge in [0.05, 0.1) is 5.39 Å². The van der Waals surface area contributed by atoms with Crippen LogP contribution in [0.1, 0.15) is 29.9 Å². The summed E-state index contributed by atoms with van der Waals surface area (Å²) in [5, 5.41) is 5.54. The largest absolute Gasteiger partial charge is 0.336 e. The van der Waals surface area contributed by atoms with Gasteiger partial charge in [0.25, 0.3) is 11.5 Å². The Labute approximate surface area is 166 Å². The van der Waals surface area contributed by atoms with Crippen LogP contribution in [-0.4, -0.2) is 27.6 Å². The third-order valence-corrected chi connectivity index (χ3v) is 5.09. The SMILES string of the molecule is CC(C)Cn1nc(C(=O)N(C)Cc2ccccc2Br)c2ccccc2c1=O. The molecule has 0 bridgehead atoms. The van der Waals surface area contributed by atoms with Crippen LogP contribution < -0.4 is 5.56 Å². The number of amides is 1. The summed E-state index contributed by atoms with van der Waals surface area (Å²) in [5.74, 6) is 0.0387. The first kappa shape index (κ1) is 19.3. The van der Waals surface area contributed by atoms with E-state index < -0.39 is 0 Å². The van der Waals surface area contributed by atoms with E-state index in [1.807, 2.05) is 50.2 Å². The van der Waals surface area contributed by atoms with Gasteiger partial charge in [0.1, 0.15) is 0 Å². The van der Waals surface area contributed by atoms with Gasteiger partial charge >= 0.3 is 0 Å². The predicted molar refractivity (Wildman–Crippen MR) is 111 cm³/mol. The zero-order valence-electron chi connectivity index (χ0n) is 15.6. The highest BCUT2D eigenvalue weighted by Gasteiger charge is 2.20. The van der Waals surface area contributed by atoms with E-state index in [1.165, 1.54) is 4.68 Å². The van der Waals surface area contributed by atoms with Crippen molar-refractivity contribution >= 4 is 32.6 Å². The van der Waals surface area contributed by atoms with Crippen LogP contribution in [0.15, 0.2) is 57.8 Å². The van der Waals surface area contributed by atoms with E-state index in [2.05, 4.69) is 21.0 Å². The smallest absolute Gasteiger partial charge is 0.274 e. The second kappa shape index (κ2) is 8.05. The van der Waals surface area contributed by atoms with E-state index in [0.29, 0.717) is 29.6 Å². The number of carbonyl (C=O) groups excluding carboxylic acids is 1. The Morgan fingerprint density at radius 1 is 1.11 bits per heavy atom. The molecule has 1 aromatic heterocycles. The summed E-state index contributed by atoms with van der Waals surface area (Å²) in [5.41, 5.74) is 1.15. The number of hydrogen-bond acceptors (Lipinski definition) is 3. The van der Waals surface area contributed by atoms with Gasteiger partial charge in [-0.1, -0.05) is 66.2 Å². The van der Waals surface area contributed by atoms with Crippen LogP contribution in [0.25, 0.3) is 10.8 Å². The average molecular weight is 428 g/mol. The molecule has 0 N–H and O–H groups in total. The zero-order chi connectivity index (χ0) is 19.6. The van der Waals surface area contributed by atoms with E-state index in [9.17, 15) is 9.59 Å². The van der Waals surface area contributed by atoms with E-state index >= 15 is 0 Å². The van der Waals surface area contributed by atoms with Gasteiger partial charge in [0.15, 0.2) is 5.69 Å². The fourth-order valence-electron chi connectivity index (χ4n) is 3.00. The maximum Gasteiger partial charge on any atom is 0.274 e. The van der Waals surface area contributed by atoms with Gasteiger partial charge in [-0.15, -0.1) is 0 Å². The lowest BCUT2D eigenvalue weighted by atomic mass is 10.1. The Morgan fingerprint density at radius 2 is 1.74 bits per heavy atom. The van der Waals surface area contributed by atoms with Gasteiger partial charge in [-0.25, -0.2) is 4.68 Å². The summed E-state index contributed by atoms with van der Waals surface area (Å²) in [6.07, 6.45) is 0. The molecule has 0 aliphatic carbocycles. The second-order valence-electron chi connectivity index (χ2n) is 7.03. The molecule has 0 saturated carbocycles. The topological polar surface area (TPSA) is 55.2 Å². The number of halogens is 1. The molecular weight excluding hydrogens is 406 g/mol. The first-order valence-electron chi connectivity index (χ1n) is 8.87. The summed E-state index contributed by atoms with van der Waals surface area (Å²) in [6, 6.07) is 15.0. The number of aromatic nitrogens is 2. The number of hydrogen-bond donors (Lipinski definition) is 0. The normalized spacial score (nSPS) is 11.1. The molecule has 6 heteroatoms. The summed E-state index contributed by atoms with van der Waals surface area (Å²) < 4.78 is 2.36. The average Bonchev–Trinajstić information content (AvgIpc) is 2.65. The minimum absolute atomic E-state index is 0.163. The number of nitrogens with zero attached hydrogens (tertiary/aromatic N) is 3. The molecule has 0 aliphatic rings. The lowest BCUT2D eigenvalue weighted by molar-refractivity contribution is 0.0778. The summed E-state index contributed by atoms with van der Waals surface area (Å²) in [6.45, 7) is 4.95. The van der Waals surface area contributed by atoms with Crippen molar-refractivity contribution < 1.29 is 4.79 Å². The van der Waals surface area contributed by atoms with Crippen molar-refractivity contribution in [2.24, 2.45) is 5.92 Å². The Morgan fingerprint density at radius 3 is 2.41 bits per heavy atom. The molecule has 0 aliphatic heterocycles. The molecule has 1 amide bonds. The molecule has 140 valence electrons. The van der Waals surface area contributed by atoms with Crippen LogP contribution in [0.4, 0.5) is 0 Å². The molecule has 3 rings (SSSR count). The Balaban J connectivity index is 2.04. The van der Waals surface area contributed by atoms with Gasteiger partial charge in [0, 0.05) is 30.0 Å². The first-order valence-corrected chi connectivity index (χ1v) is 9.66. The molecule has 2 aromatic carbocycles. The van der Waals surface area contributed by atoms with Gasteiger partial charge in [-0.2, -0.15) is 5.10 Å². The predicted octanol–water partition coefficient (Wildman–Crippen LogP) is 4.09. The molecule has 3 aromatic rings. The Bertz CT molecular complexity index is 1040. The first-order chi connectivity index (χ1) is 12.9. The molecule has 0 fully saturated rings. The van der Waals surface area contributed by atoms with Crippen molar-refractivity contribution in [1.29, 1.82) is 0 Å². The molecule has 0 atom stereocenters. The van der Waals surface area contributed by atoms with Gasteiger partial charge < -0.3 is 4.90 Å². The van der Waals surface area contributed by atoms with E-state index in [-0.39, 0.29) is 17.4 Å². The van der Waals surface area contributed by atoms with Crippen molar-refractivity contribution in [2.45, 2.75) is 26.9 Å². The maximum absolute atomic E-state index is 13.2. The summed E-state index contributed by atoms with van der Waals surface area (Å²) in [7, 11) is 1.75. The summed E-state index contributed by atoms with van der Waals surface area (Å²) in [4.78, 5) is 27.5. The van der Waals surface area contributed by atoms with Crippen molar-refractivity contribution in [1.82, 2.24) is 14.7 Å². The number of fused-ring (bicyclic) bond motifs is 1. The Hall–Kier alpha value is -2.47. The fourth-order valence-corrected chi connectivity index (χ4v) is 3.41. The highest BCUT2D eigenvalue weighted by Crippen LogP contribution is 2.20. The molecule has 0 saturated heterocycles. The van der Waals surface area contributed by atoms with Crippen LogP contribution in [0.2, 0.25) is 0 Å². The molecular formula is C21H22BrN3O2. The quantitative estimate of drug-likeness (QED) is 0.615.